The molecule has 0 radical (unpaired) electrons. The van der Waals surface area contributed by atoms with Crippen molar-refractivity contribution >= 4 is 27.8 Å². The molecule has 1 aromatic heterocycles. The van der Waals surface area contributed by atoms with Gasteiger partial charge >= 0.3 is 6.03 Å². The number of rotatable bonds is 4. The van der Waals surface area contributed by atoms with Gasteiger partial charge in [-0.3, -0.25) is 5.32 Å². The quantitative estimate of drug-likeness (QED) is 0.814. The number of halogens is 1. The monoisotopic (exact) mass is 262 g/mol. The van der Waals surface area contributed by atoms with Crippen LogP contribution >= 0.6 is 15.9 Å². The second kappa shape index (κ2) is 5.66. The van der Waals surface area contributed by atoms with Gasteiger partial charge in [-0.05, 0) is 22.0 Å². The molecule has 2 amide bonds. The van der Waals surface area contributed by atoms with Gasteiger partial charge in [0.2, 0.25) is 5.88 Å². The lowest BCUT2D eigenvalue weighted by Crippen LogP contribution is -2.31. The van der Waals surface area contributed by atoms with Gasteiger partial charge in [0.25, 0.3) is 0 Å². The van der Waals surface area contributed by atoms with Gasteiger partial charge in [0.15, 0.2) is 4.67 Å². The molecule has 2 N–H and O–H groups in total. The van der Waals surface area contributed by atoms with Crippen LogP contribution in [0, 0.1) is 0 Å². The van der Waals surface area contributed by atoms with Gasteiger partial charge in [0.1, 0.15) is 0 Å². The maximum atomic E-state index is 11.1. The fourth-order valence-corrected chi connectivity index (χ4v) is 1.11. The summed E-state index contributed by atoms with van der Waals surface area (Å²) < 4.78 is 10.4. The van der Waals surface area contributed by atoms with Crippen LogP contribution in [0.2, 0.25) is 0 Å². The number of anilines is 1. The summed E-state index contributed by atoms with van der Waals surface area (Å²) in [7, 11) is 1.57. The second-order valence-electron chi connectivity index (χ2n) is 2.48. The molecule has 0 aromatic carbocycles. The van der Waals surface area contributed by atoms with Crippen LogP contribution in [-0.2, 0) is 4.74 Å². The van der Waals surface area contributed by atoms with E-state index in [1.54, 1.807) is 19.2 Å². The third-order valence-electron chi connectivity index (χ3n) is 1.40. The van der Waals surface area contributed by atoms with Crippen molar-refractivity contribution in [2.45, 2.75) is 0 Å². The molecule has 0 spiro atoms. The zero-order valence-electron chi connectivity index (χ0n) is 7.67. The molecular formula is C8H11BrN2O3. The third kappa shape index (κ3) is 3.80. The lowest BCUT2D eigenvalue weighted by molar-refractivity contribution is 0.198. The van der Waals surface area contributed by atoms with Crippen LogP contribution in [0.4, 0.5) is 10.7 Å². The van der Waals surface area contributed by atoms with Crippen LogP contribution in [0.5, 0.6) is 0 Å². The molecule has 0 bridgehead atoms. The molecule has 0 atom stereocenters. The largest absolute Gasteiger partial charge is 0.434 e. The van der Waals surface area contributed by atoms with Gasteiger partial charge in [-0.25, -0.2) is 4.79 Å². The van der Waals surface area contributed by atoms with Gasteiger partial charge < -0.3 is 14.5 Å². The predicted octanol–water partition coefficient (Wildman–Crippen LogP) is 1.81. The molecule has 14 heavy (non-hydrogen) atoms. The summed E-state index contributed by atoms with van der Waals surface area (Å²) in [6, 6.07) is 3.04. The maximum absolute atomic E-state index is 11.1. The molecule has 6 heteroatoms. The number of hydrogen-bond acceptors (Lipinski definition) is 3. The smallest absolute Gasteiger partial charge is 0.321 e. The number of carbonyl (C=O) groups excluding carboxylic acids is 1. The molecule has 78 valence electrons. The minimum absolute atomic E-state index is 0.316. The molecule has 1 heterocycles. The zero-order chi connectivity index (χ0) is 10.4. The molecule has 5 nitrogen and oxygen atoms in total. The average Bonchev–Trinajstić information content (AvgIpc) is 2.52. The first kappa shape index (κ1) is 11.1. The van der Waals surface area contributed by atoms with E-state index in [0.717, 1.165) is 0 Å². The third-order valence-corrected chi connectivity index (χ3v) is 1.83. The highest BCUT2D eigenvalue weighted by Crippen LogP contribution is 2.17. The van der Waals surface area contributed by atoms with Gasteiger partial charge in [-0.2, -0.15) is 0 Å². The lowest BCUT2D eigenvalue weighted by atomic mass is 10.6. The van der Waals surface area contributed by atoms with Crippen LogP contribution in [0.25, 0.3) is 0 Å². The summed E-state index contributed by atoms with van der Waals surface area (Å²) in [4.78, 5) is 11.1. The Morgan fingerprint density at radius 2 is 2.43 bits per heavy atom. The van der Waals surface area contributed by atoms with Crippen molar-refractivity contribution in [2.75, 3.05) is 25.6 Å². The van der Waals surface area contributed by atoms with E-state index in [1.807, 2.05) is 0 Å². The number of urea groups is 1. The fourth-order valence-electron chi connectivity index (χ4n) is 0.804. The summed E-state index contributed by atoms with van der Waals surface area (Å²) in [5.41, 5.74) is 0. The van der Waals surface area contributed by atoms with E-state index in [4.69, 9.17) is 9.15 Å². The highest BCUT2D eigenvalue weighted by atomic mass is 79.9. The molecule has 0 saturated heterocycles. The molecule has 0 unspecified atom stereocenters. The summed E-state index contributed by atoms with van der Waals surface area (Å²) in [5.74, 6) is 0.395. The highest BCUT2D eigenvalue weighted by molar-refractivity contribution is 9.10. The summed E-state index contributed by atoms with van der Waals surface area (Å²) in [6.45, 7) is 0.944. The van der Waals surface area contributed by atoms with Gasteiger partial charge in [-0.1, -0.05) is 0 Å². The Labute approximate surface area is 89.9 Å². The highest BCUT2D eigenvalue weighted by Gasteiger charge is 2.03. The Balaban J connectivity index is 2.27. The van der Waals surface area contributed by atoms with Gasteiger partial charge in [0, 0.05) is 19.7 Å². The molecular weight excluding hydrogens is 252 g/mol. The number of furan rings is 1. The van der Waals surface area contributed by atoms with Crippen molar-refractivity contribution in [3.63, 3.8) is 0 Å². The van der Waals surface area contributed by atoms with Crippen molar-refractivity contribution in [1.29, 1.82) is 0 Å². The predicted molar refractivity (Wildman–Crippen MR) is 55.3 cm³/mol. The molecule has 0 aliphatic carbocycles. The number of ether oxygens (including phenoxy) is 1. The lowest BCUT2D eigenvalue weighted by Gasteiger charge is -2.03. The summed E-state index contributed by atoms with van der Waals surface area (Å²) in [6.07, 6.45) is 0. The number of amides is 2. The average molecular weight is 263 g/mol. The molecule has 0 aliphatic rings. The van der Waals surface area contributed by atoms with Crippen molar-refractivity contribution in [1.82, 2.24) is 5.32 Å². The Kier molecular flexibility index (Phi) is 4.48. The van der Waals surface area contributed by atoms with E-state index in [9.17, 15) is 4.79 Å². The van der Waals surface area contributed by atoms with Crippen LogP contribution in [0.3, 0.4) is 0 Å². The Morgan fingerprint density at radius 3 is 3.00 bits per heavy atom. The van der Waals surface area contributed by atoms with Crippen LogP contribution in [0.15, 0.2) is 21.2 Å². The second-order valence-corrected chi connectivity index (χ2v) is 3.26. The van der Waals surface area contributed by atoms with E-state index < -0.39 is 0 Å². The number of nitrogens with one attached hydrogen (secondary N) is 2. The molecule has 0 saturated carbocycles. The van der Waals surface area contributed by atoms with E-state index in [2.05, 4.69) is 26.6 Å². The molecule has 1 rings (SSSR count). The Bertz CT molecular complexity index is 301. The summed E-state index contributed by atoms with van der Waals surface area (Å²) >= 11 is 3.13. The summed E-state index contributed by atoms with van der Waals surface area (Å²) in [5, 5.41) is 5.11. The van der Waals surface area contributed by atoms with Crippen molar-refractivity contribution in [3.8, 4) is 0 Å². The van der Waals surface area contributed by atoms with Crippen molar-refractivity contribution in [3.05, 3.63) is 16.8 Å². The first-order chi connectivity index (χ1) is 6.72. The molecule has 0 aliphatic heterocycles. The normalized spacial score (nSPS) is 9.86. The molecule has 0 fully saturated rings. The fraction of sp³-hybridized carbons (Fsp3) is 0.375. The molecule has 1 aromatic rings. The van der Waals surface area contributed by atoms with Crippen molar-refractivity contribution in [2.24, 2.45) is 0 Å². The number of hydrogen-bond donors (Lipinski definition) is 2. The van der Waals surface area contributed by atoms with Crippen LogP contribution in [-0.4, -0.2) is 26.3 Å². The SMILES string of the molecule is COCCNC(=O)Nc1ccc(Br)o1. The standard InChI is InChI=1S/C8H11BrN2O3/c1-13-5-4-10-8(12)11-7-3-2-6(9)14-7/h2-3H,4-5H2,1H3,(H2,10,11,12). The number of carbonyl (C=O) groups is 1. The van der Waals surface area contributed by atoms with Crippen molar-refractivity contribution < 1.29 is 13.9 Å². The number of methoxy groups -OCH3 is 1. The minimum atomic E-state index is -0.316. The van der Waals surface area contributed by atoms with Gasteiger partial charge in [0.05, 0.1) is 6.61 Å². The zero-order valence-corrected chi connectivity index (χ0v) is 9.26. The minimum Gasteiger partial charge on any atom is -0.434 e. The van der Waals surface area contributed by atoms with E-state index in [1.165, 1.54) is 0 Å². The Hall–Kier alpha value is -1.01. The van der Waals surface area contributed by atoms with E-state index in [0.29, 0.717) is 23.7 Å². The Morgan fingerprint density at radius 1 is 1.64 bits per heavy atom. The van der Waals surface area contributed by atoms with Crippen LogP contribution < -0.4 is 10.6 Å². The topological polar surface area (TPSA) is 63.5 Å². The van der Waals surface area contributed by atoms with Crippen LogP contribution in [0.1, 0.15) is 0 Å². The van der Waals surface area contributed by atoms with E-state index >= 15 is 0 Å². The van der Waals surface area contributed by atoms with E-state index in [-0.39, 0.29) is 6.03 Å². The first-order valence-corrected chi connectivity index (χ1v) is 4.81. The maximum Gasteiger partial charge on any atom is 0.321 e. The first-order valence-electron chi connectivity index (χ1n) is 4.01. The van der Waals surface area contributed by atoms with Gasteiger partial charge in [-0.15, -0.1) is 0 Å².